The normalized spacial score (nSPS) is 10.2. The molecule has 2 N–H and O–H groups in total. The quantitative estimate of drug-likeness (QED) is 0.874. The van der Waals surface area contributed by atoms with E-state index in [2.05, 4.69) is 10.3 Å². The molecule has 2 aromatic heterocycles. The van der Waals surface area contributed by atoms with Crippen LogP contribution in [-0.4, -0.2) is 16.0 Å². The lowest BCUT2D eigenvalue weighted by molar-refractivity contribution is 0.0950. The van der Waals surface area contributed by atoms with E-state index in [0.717, 1.165) is 4.88 Å². The van der Waals surface area contributed by atoms with Crippen LogP contribution in [0.25, 0.3) is 0 Å². The maximum atomic E-state index is 11.7. The number of carbonyl (C=O) groups is 1. The Morgan fingerprint density at radius 2 is 2.35 bits per heavy atom. The van der Waals surface area contributed by atoms with Gasteiger partial charge in [-0.25, -0.2) is 0 Å². The fourth-order valence-electron chi connectivity index (χ4n) is 1.40. The third-order valence-corrected chi connectivity index (χ3v) is 3.39. The minimum Gasteiger partial charge on any atom is -0.506 e. The number of thiophene rings is 1. The second-order valence-corrected chi connectivity index (χ2v) is 4.64. The highest BCUT2D eigenvalue weighted by atomic mass is 32.1. The number of nitrogens with zero attached hydrogens (tertiary/aromatic N) is 1. The molecule has 0 atom stereocenters. The molecule has 0 unspecified atom stereocenters. The Morgan fingerprint density at radius 3 is 3.00 bits per heavy atom. The number of nitrogens with one attached hydrogen (secondary N) is 1. The van der Waals surface area contributed by atoms with Crippen LogP contribution in [0.4, 0.5) is 0 Å². The second-order valence-electron chi connectivity index (χ2n) is 3.64. The third-order valence-electron chi connectivity index (χ3n) is 2.36. The van der Waals surface area contributed by atoms with Crippen LogP contribution >= 0.6 is 11.3 Å². The summed E-state index contributed by atoms with van der Waals surface area (Å²) in [6.07, 6.45) is 2.72. The number of carbonyl (C=O) groups excluding carboxylic acids is 1. The average Bonchev–Trinajstić information content (AvgIpc) is 2.72. The summed E-state index contributed by atoms with van der Waals surface area (Å²) in [6, 6.07) is 3.41. The van der Waals surface area contributed by atoms with Crippen molar-refractivity contribution in [2.45, 2.75) is 13.5 Å². The van der Waals surface area contributed by atoms with E-state index in [9.17, 15) is 9.90 Å². The second kappa shape index (κ2) is 4.97. The summed E-state index contributed by atoms with van der Waals surface area (Å²) in [6.45, 7) is 2.51. The van der Waals surface area contributed by atoms with Gasteiger partial charge < -0.3 is 10.4 Å². The predicted molar refractivity (Wildman–Crippen MR) is 66.1 cm³/mol. The standard InChI is InChI=1S/C12H12N2O2S/c1-8-2-3-17-11(8)7-14-12(16)9-4-10(15)6-13-5-9/h2-6,15H,7H2,1H3,(H,14,16). The monoisotopic (exact) mass is 248 g/mol. The van der Waals surface area contributed by atoms with Crippen molar-refractivity contribution in [2.75, 3.05) is 0 Å². The summed E-state index contributed by atoms with van der Waals surface area (Å²) in [5.74, 6) is -0.244. The lowest BCUT2D eigenvalue weighted by Gasteiger charge is -2.04. The van der Waals surface area contributed by atoms with E-state index in [-0.39, 0.29) is 11.7 Å². The molecule has 0 aromatic carbocycles. The SMILES string of the molecule is Cc1ccsc1CNC(=O)c1cncc(O)c1. The molecule has 0 bridgehead atoms. The van der Waals surface area contributed by atoms with Crippen LogP contribution in [0.15, 0.2) is 29.9 Å². The summed E-state index contributed by atoms with van der Waals surface area (Å²) in [5, 5.41) is 14.0. The van der Waals surface area contributed by atoms with E-state index in [1.807, 2.05) is 18.4 Å². The molecule has 0 radical (unpaired) electrons. The Balaban J connectivity index is 2.01. The highest BCUT2D eigenvalue weighted by Crippen LogP contribution is 2.15. The van der Waals surface area contributed by atoms with E-state index in [1.54, 1.807) is 11.3 Å². The Kier molecular flexibility index (Phi) is 3.39. The number of aromatic nitrogens is 1. The Morgan fingerprint density at radius 1 is 1.53 bits per heavy atom. The predicted octanol–water partition coefficient (Wildman–Crippen LogP) is 2.09. The third kappa shape index (κ3) is 2.82. The van der Waals surface area contributed by atoms with Crippen LogP contribution in [0.1, 0.15) is 20.8 Å². The summed E-state index contributed by atoms with van der Waals surface area (Å²) in [5.41, 5.74) is 1.53. The van der Waals surface area contributed by atoms with Crippen LogP contribution in [0, 0.1) is 6.92 Å². The van der Waals surface area contributed by atoms with Crippen LogP contribution in [0.5, 0.6) is 5.75 Å². The maximum absolute atomic E-state index is 11.7. The van der Waals surface area contributed by atoms with Gasteiger partial charge in [-0.3, -0.25) is 9.78 Å². The molecule has 17 heavy (non-hydrogen) atoms. The van der Waals surface area contributed by atoms with Crippen LogP contribution < -0.4 is 5.32 Å². The van der Waals surface area contributed by atoms with Crippen molar-refractivity contribution < 1.29 is 9.90 Å². The van der Waals surface area contributed by atoms with Gasteiger partial charge in [0.05, 0.1) is 18.3 Å². The van der Waals surface area contributed by atoms with Crippen molar-refractivity contribution in [3.63, 3.8) is 0 Å². The first-order valence-electron chi connectivity index (χ1n) is 5.12. The fraction of sp³-hybridized carbons (Fsp3) is 0.167. The Bertz CT molecular complexity index is 537. The highest BCUT2D eigenvalue weighted by molar-refractivity contribution is 7.10. The number of hydrogen-bond donors (Lipinski definition) is 2. The Hall–Kier alpha value is -1.88. The van der Waals surface area contributed by atoms with E-state index in [1.165, 1.54) is 24.0 Å². The molecule has 2 heterocycles. The van der Waals surface area contributed by atoms with Gasteiger partial charge in [0.15, 0.2) is 0 Å². The molecule has 2 rings (SSSR count). The molecule has 0 saturated carbocycles. The van der Waals surface area contributed by atoms with E-state index in [0.29, 0.717) is 12.1 Å². The van der Waals surface area contributed by atoms with Crippen LogP contribution in [-0.2, 0) is 6.54 Å². The first-order chi connectivity index (χ1) is 8.16. The van der Waals surface area contributed by atoms with E-state index in [4.69, 9.17) is 0 Å². The molecular weight excluding hydrogens is 236 g/mol. The topological polar surface area (TPSA) is 62.2 Å². The van der Waals surface area contributed by atoms with Gasteiger partial charge in [-0.2, -0.15) is 0 Å². The van der Waals surface area contributed by atoms with Crippen LogP contribution in [0.3, 0.4) is 0 Å². The number of hydrogen-bond acceptors (Lipinski definition) is 4. The molecule has 4 nitrogen and oxygen atoms in total. The van der Waals surface area contributed by atoms with Crippen molar-refractivity contribution >= 4 is 17.2 Å². The molecular formula is C12H12N2O2S. The molecule has 5 heteroatoms. The van der Waals surface area contributed by atoms with Crippen molar-refractivity contribution in [3.8, 4) is 5.75 Å². The molecule has 0 fully saturated rings. The molecule has 0 saturated heterocycles. The Labute approximate surface area is 103 Å². The minimum atomic E-state index is -0.235. The fourth-order valence-corrected chi connectivity index (χ4v) is 2.25. The molecule has 0 aliphatic carbocycles. The van der Waals surface area contributed by atoms with Gasteiger partial charge in [0.25, 0.3) is 5.91 Å². The molecule has 2 aromatic rings. The summed E-state index contributed by atoms with van der Waals surface area (Å²) in [7, 11) is 0. The average molecular weight is 248 g/mol. The summed E-state index contributed by atoms with van der Waals surface area (Å²) < 4.78 is 0. The zero-order valence-corrected chi connectivity index (χ0v) is 10.1. The van der Waals surface area contributed by atoms with Crippen molar-refractivity contribution in [2.24, 2.45) is 0 Å². The van der Waals surface area contributed by atoms with Gasteiger partial charge in [0.2, 0.25) is 0 Å². The van der Waals surface area contributed by atoms with Gasteiger partial charge in [-0.15, -0.1) is 11.3 Å². The molecule has 88 valence electrons. The van der Waals surface area contributed by atoms with Gasteiger partial charge in [-0.1, -0.05) is 0 Å². The zero-order valence-electron chi connectivity index (χ0n) is 9.30. The number of pyridine rings is 1. The molecule has 1 amide bonds. The number of aryl methyl sites for hydroxylation is 1. The minimum absolute atomic E-state index is 0.00930. The van der Waals surface area contributed by atoms with Gasteiger partial charge in [-0.05, 0) is 30.0 Å². The van der Waals surface area contributed by atoms with Crippen molar-refractivity contribution in [3.05, 3.63) is 45.9 Å². The number of aromatic hydroxyl groups is 1. The largest absolute Gasteiger partial charge is 0.506 e. The van der Waals surface area contributed by atoms with Gasteiger partial charge in [0.1, 0.15) is 5.75 Å². The molecule has 0 aliphatic heterocycles. The lowest BCUT2D eigenvalue weighted by Crippen LogP contribution is -2.22. The molecule has 0 aliphatic rings. The summed E-state index contributed by atoms with van der Waals surface area (Å²) >= 11 is 1.61. The first-order valence-corrected chi connectivity index (χ1v) is 6.00. The number of rotatable bonds is 3. The molecule has 0 spiro atoms. The van der Waals surface area contributed by atoms with Crippen LogP contribution in [0.2, 0.25) is 0 Å². The van der Waals surface area contributed by atoms with E-state index < -0.39 is 0 Å². The van der Waals surface area contributed by atoms with Crippen molar-refractivity contribution in [1.29, 1.82) is 0 Å². The maximum Gasteiger partial charge on any atom is 0.253 e. The number of amides is 1. The van der Waals surface area contributed by atoms with Gasteiger partial charge in [0, 0.05) is 11.1 Å². The summed E-state index contributed by atoms with van der Waals surface area (Å²) in [4.78, 5) is 16.6. The van der Waals surface area contributed by atoms with E-state index >= 15 is 0 Å². The smallest absolute Gasteiger partial charge is 0.253 e. The lowest BCUT2D eigenvalue weighted by atomic mass is 10.2. The van der Waals surface area contributed by atoms with Gasteiger partial charge >= 0.3 is 0 Å². The zero-order chi connectivity index (χ0) is 12.3. The van der Waals surface area contributed by atoms with Crippen molar-refractivity contribution in [1.82, 2.24) is 10.3 Å². The first kappa shape index (κ1) is 11.6. The highest BCUT2D eigenvalue weighted by Gasteiger charge is 2.07.